The van der Waals surface area contributed by atoms with E-state index in [0.29, 0.717) is 11.0 Å². The van der Waals surface area contributed by atoms with Crippen LogP contribution in [0.15, 0.2) is 115 Å². The molecule has 32 heavy (non-hydrogen) atoms. The Morgan fingerprint density at radius 3 is 1.72 bits per heavy atom. The lowest BCUT2D eigenvalue weighted by atomic mass is 9.88. The fourth-order valence-corrected chi connectivity index (χ4v) is 3.85. The van der Waals surface area contributed by atoms with Crippen LogP contribution in [-0.4, -0.2) is 11.7 Å². The van der Waals surface area contributed by atoms with Crippen LogP contribution in [0.3, 0.4) is 0 Å². The molecule has 160 valence electrons. The Morgan fingerprint density at radius 2 is 1.16 bits per heavy atom. The number of hydrogen-bond acceptors (Lipinski definition) is 2. The molecule has 0 saturated heterocycles. The van der Waals surface area contributed by atoms with Crippen LogP contribution in [0.25, 0.3) is 0 Å². The number of thiocarbonyl (C=S) groups is 1. The largest absolute Gasteiger partial charge is 0.457 e. The maximum atomic E-state index is 5.84. The summed E-state index contributed by atoms with van der Waals surface area (Å²) in [6, 6.07) is 38.8. The first-order valence-corrected chi connectivity index (χ1v) is 11.2. The second-order valence-electron chi connectivity index (χ2n) is 7.48. The molecule has 0 aliphatic carbocycles. The van der Waals surface area contributed by atoms with E-state index in [1.165, 1.54) is 11.1 Å². The molecule has 0 fully saturated rings. The Kier molecular flexibility index (Phi) is 7.51. The molecule has 0 atom stereocenters. The molecular formula is C28H26N2OS. The topological polar surface area (TPSA) is 33.3 Å². The summed E-state index contributed by atoms with van der Waals surface area (Å²) in [6.45, 7) is 0.773. The summed E-state index contributed by atoms with van der Waals surface area (Å²) in [7, 11) is 0. The van der Waals surface area contributed by atoms with E-state index in [0.717, 1.165) is 30.2 Å². The van der Waals surface area contributed by atoms with Gasteiger partial charge in [-0.3, -0.25) is 0 Å². The molecule has 0 heterocycles. The zero-order valence-electron chi connectivity index (χ0n) is 17.8. The van der Waals surface area contributed by atoms with Gasteiger partial charge >= 0.3 is 0 Å². The Hall–Kier alpha value is -3.63. The number of para-hydroxylation sites is 1. The van der Waals surface area contributed by atoms with Crippen LogP contribution in [0.1, 0.15) is 23.5 Å². The van der Waals surface area contributed by atoms with Gasteiger partial charge in [-0.25, -0.2) is 0 Å². The molecule has 4 rings (SSSR count). The van der Waals surface area contributed by atoms with Gasteiger partial charge in [-0.2, -0.15) is 0 Å². The van der Waals surface area contributed by atoms with E-state index in [4.69, 9.17) is 17.0 Å². The van der Waals surface area contributed by atoms with Gasteiger partial charge in [-0.15, -0.1) is 0 Å². The smallest absolute Gasteiger partial charge is 0.170 e. The molecular weight excluding hydrogens is 412 g/mol. The van der Waals surface area contributed by atoms with E-state index >= 15 is 0 Å². The minimum Gasteiger partial charge on any atom is -0.457 e. The molecule has 3 nitrogen and oxygen atoms in total. The average Bonchev–Trinajstić information content (AvgIpc) is 2.85. The first-order valence-electron chi connectivity index (χ1n) is 10.8. The van der Waals surface area contributed by atoms with E-state index in [-0.39, 0.29) is 0 Å². The van der Waals surface area contributed by atoms with Crippen molar-refractivity contribution in [1.82, 2.24) is 5.32 Å². The maximum Gasteiger partial charge on any atom is 0.170 e. The van der Waals surface area contributed by atoms with Crippen molar-refractivity contribution in [2.45, 2.75) is 12.3 Å². The number of nitrogens with one attached hydrogen (secondary N) is 2. The number of hydrogen-bond donors (Lipinski definition) is 2. The zero-order chi connectivity index (χ0) is 22.0. The molecule has 0 unspecified atom stereocenters. The summed E-state index contributed by atoms with van der Waals surface area (Å²) >= 11 is 5.51. The van der Waals surface area contributed by atoms with Gasteiger partial charge in [0.2, 0.25) is 0 Å². The molecule has 0 aromatic heterocycles. The highest BCUT2D eigenvalue weighted by Crippen LogP contribution is 2.27. The van der Waals surface area contributed by atoms with Crippen molar-refractivity contribution in [3.8, 4) is 11.5 Å². The van der Waals surface area contributed by atoms with E-state index in [2.05, 4.69) is 71.3 Å². The molecule has 0 aliphatic rings. The van der Waals surface area contributed by atoms with Gasteiger partial charge in [0.25, 0.3) is 0 Å². The summed E-state index contributed by atoms with van der Waals surface area (Å²) in [5.74, 6) is 1.92. The van der Waals surface area contributed by atoms with Crippen LogP contribution in [0.2, 0.25) is 0 Å². The molecule has 2 N–H and O–H groups in total. The van der Waals surface area contributed by atoms with Crippen LogP contribution < -0.4 is 15.4 Å². The zero-order valence-corrected chi connectivity index (χ0v) is 18.6. The van der Waals surface area contributed by atoms with E-state index in [1.807, 2.05) is 54.6 Å². The highest BCUT2D eigenvalue weighted by Gasteiger charge is 2.13. The van der Waals surface area contributed by atoms with Crippen LogP contribution in [0, 0.1) is 0 Å². The lowest BCUT2D eigenvalue weighted by Crippen LogP contribution is -2.30. The first-order chi connectivity index (χ1) is 15.8. The second kappa shape index (κ2) is 11.1. The standard InChI is InChI=1S/C28H26N2OS/c32-28(30-24-16-18-26(19-17-24)31-25-14-8-3-9-15-25)29-21-20-27(22-10-4-1-5-11-22)23-12-6-2-7-13-23/h1-19,27H,20-21H2,(H2,29,30,32). The van der Waals surface area contributed by atoms with Gasteiger partial charge in [0, 0.05) is 18.2 Å². The monoisotopic (exact) mass is 438 g/mol. The lowest BCUT2D eigenvalue weighted by molar-refractivity contribution is 0.483. The lowest BCUT2D eigenvalue weighted by Gasteiger charge is -2.19. The number of anilines is 1. The molecule has 4 aromatic rings. The van der Waals surface area contributed by atoms with Crippen molar-refractivity contribution in [3.63, 3.8) is 0 Å². The number of benzene rings is 4. The Balaban J connectivity index is 1.30. The SMILES string of the molecule is S=C(NCCC(c1ccccc1)c1ccccc1)Nc1ccc(Oc2ccccc2)cc1. The normalized spacial score (nSPS) is 10.5. The molecule has 0 bridgehead atoms. The van der Waals surface area contributed by atoms with Gasteiger partial charge in [0.1, 0.15) is 11.5 Å². The number of ether oxygens (including phenoxy) is 1. The fraction of sp³-hybridized carbons (Fsp3) is 0.107. The van der Waals surface area contributed by atoms with Crippen molar-refractivity contribution >= 4 is 23.0 Å². The predicted octanol–water partition coefficient (Wildman–Crippen LogP) is 6.99. The minimum atomic E-state index is 0.321. The fourth-order valence-electron chi connectivity index (χ4n) is 3.63. The highest BCUT2D eigenvalue weighted by atomic mass is 32.1. The summed E-state index contributed by atoms with van der Waals surface area (Å²) in [5.41, 5.74) is 3.55. The summed E-state index contributed by atoms with van der Waals surface area (Å²) in [6.07, 6.45) is 0.944. The molecule has 4 aromatic carbocycles. The average molecular weight is 439 g/mol. The Bertz CT molecular complexity index is 1060. The van der Waals surface area contributed by atoms with Gasteiger partial charge in [-0.05, 0) is 66.2 Å². The maximum absolute atomic E-state index is 5.84. The van der Waals surface area contributed by atoms with Gasteiger partial charge in [-0.1, -0.05) is 78.9 Å². The van der Waals surface area contributed by atoms with Crippen molar-refractivity contribution in [1.29, 1.82) is 0 Å². The van der Waals surface area contributed by atoms with Gasteiger partial charge in [0.05, 0.1) is 0 Å². The van der Waals surface area contributed by atoms with Crippen molar-refractivity contribution < 1.29 is 4.74 Å². The van der Waals surface area contributed by atoms with Crippen LogP contribution in [0.5, 0.6) is 11.5 Å². The quantitative estimate of drug-likeness (QED) is 0.291. The van der Waals surface area contributed by atoms with E-state index in [9.17, 15) is 0 Å². The predicted molar refractivity (Wildman–Crippen MR) is 137 cm³/mol. The van der Waals surface area contributed by atoms with Crippen LogP contribution >= 0.6 is 12.2 Å². The van der Waals surface area contributed by atoms with Crippen LogP contribution in [0.4, 0.5) is 5.69 Å². The first kappa shape index (κ1) is 21.6. The summed E-state index contributed by atoms with van der Waals surface area (Å²) in [4.78, 5) is 0. The molecule has 0 amide bonds. The third-order valence-corrected chi connectivity index (χ3v) is 5.46. The van der Waals surface area contributed by atoms with E-state index in [1.54, 1.807) is 0 Å². The summed E-state index contributed by atoms with van der Waals surface area (Å²) < 4.78 is 5.84. The summed E-state index contributed by atoms with van der Waals surface area (Å²) in [5, 5.41) is 7.21. The van der Waals surface area contributed by atoms with Crippen molar-refractivity contribution in [3.05, 3.63) is 126 Å². The van der Waals surface area contributed by atoms with E-state index < -0.39 is 0 Å². The van der Waals surface area contributed by atoms with Crippen LogP contribution in [-0.2, 0) is 0 Å². The third-order valence-electron chi connectivity index (χ3n) is 5.21. The Labute approximate surface area is 195 Å². The third kappa shape index (κ3) is 6.19. The molecule has 0 spiro atoms. The Morgan fingerprint density at radius 1 is 0.656 bits per heavy atom. The molecule has 0 radical (unpaired) electrons. The van der Waals surface area contributed by atoms with Crippen molar-refractivity contribution in [2.24, 2.45) is 0 Å². The number of rotatable bonds is 8. The molecule has 0 aliphatic heterocycles. The minimum absolute atomic E-state index is 0.321. The second-order valence-corrected chi connectivity index (χ2v) is 7.89. The van der Waals surface area contributed by atoms with Crippen molar-refractivity contribution in [2.75, 3.05) is 11.9 Å². The molecule has 0 saturated carbocycles. The highest BCUT2D eigenvalue weighted by molar-refractivity contribution is 7.80. The molecule has 4 heteroatoms. The van der Waals surface area contributed by atoms with Gasteiger partial charge in [0.15, 0.2) is 5.11 Å². The van der Waals surface area contributed by atoms with Gasteiger partial charge < -0.3 is 15.4 Å².